The highest BCUT2D eigenvalue weighted by atomic mass is 127. The molecule has 96 valence electrons. The molecular weight excluding hydrogens is 311 g/mol. The van der Waals surface area contributed by atoms with Crippen LogP contribution < -0.4 is 0 Å². The van der Waals surface area contributed by atoms with Crippen LogP contribution in [0.25, 0.3) is 0 Å². The fourth-order valence-corrected chi connectivity index (χ4v) is 2.87. The van der Waals surface area contributed by atoms with E-state index in [4.69, 9.17) is 4.74 Å². The average Bonchev–Trinajstić information content (AvgIpc) is 2.16. The summed E-state index contributed by atoms with van der Waals surface area (Å²) in [6, 6.07) is 0. The first-order valence-corrected chi connectivity index (χ1v) is 8.12. The van der Waals surface area contributed by atoms with Gasteiger partial charge in [-0.3, -0.25) is 0 Å². The van der Waals surface area contributed by atoms with Crippen LogP contribution in [0.1, 0.15) is 53.9 Å². The number of alkyl halides is 1. The van der Waals surface area contributed by atoms with E-state index in [9.17, 15) is 0 Å². The van der Waals surface area contributed by atoms with E-state index in [0.717, 1.165) is 22.2 Å². The van der Waals surface area contributed by atoms with Crippen LogP contribution >= 0.6 is 22.6 Å². The summed E-state index contributed by atoms with van der Waals surface area (Å²) in [4.78, 5) is 0. The second-order valence-corrected chi connectivity index (χ2v) is 7.14. The molecule has 1 fully saturated rings. The highest BCUT2D eigenvalue weighted by Gasteiger charge is 2.34. The molecule has 3 atom stereocenters. The molecule has 0 bridgehead atoms. The lowest BCUT2D eigenvalue weighted by Gasteiger charge is -2.41. The van der Waals surface area contributed by atoms with Crippen LogP contribution in [0.15, 0.2) is 0 Å². The number of hydrogen-bond donors (Lipinski definition) is 0. The van der Waals surface area contributed by atoms with Crippen LogP contribution in [0.2, 0.25) is 0 Å². The predicted molar refractivity (Wildman–Crippen MR) is 79.2 cm³/mol. The molecule has 0 aromatic heterocycles. The molecule has 0 amide bonds. The maximum atomic E-state index is 6.36. The maximum absolute atomic E-state index is 6.36. The third-order valence-corrected chi connectivity index (χ3v) is 5.59. The number of ether oxygens (including phenoxy) is 1. The van der Waals surface area contributed by atoms with Gasteiger partial charge in [0.05, 0.1) is 11.7 Å². The quantitative estimate of drug-likeness (QED) is 0.534. The van der Waals surface area contributed by atoms with Crippen molar-refractivity contribution in [3.05, 3.63) is 0 Å². The molecule has 1 aliphatic carbocycles. The van der Waals surface area contributed by atoms with Crippen molar-refractivity contribution in [1.82, 2.24) is 0 Å². The summed E-state index contributed by atoms with van der Waals surface area (Å²) in [5, 5.41) is 0. The van der Waals surface area contributed by atoms with E-state index >= 15 is 0 Å². The molecule has 1 saturated carbocycles. The Morgan fingerprint density at radius 3 is 2.44 bits per heavy atom. The first kappa shape index (κ1) is 14.7. The van der Waals surface area contributed by atoms with Crippen molar-refractivity contribution >= 4 is 22.6 Å². The summed E-state index contributed by atoms with van der Waals surface area (Å²) in [6.07, 6.45) is 4.46. The zero-order chi connectivity index (χ0) is 12.3. The smallest absolute Gasteiger partial charge is 0.0719 e. The highest BCUT2D eigenvalue weighted by Crippen LogP contribution is 2.37. The van der Waals surface area contributed by atoms with E-state index in [2.05, 4.69) is 57.2 Å². The van der Waals surface area contributed by atoms with E-state index in [1.807, 2.05) is 0 Å². The molecular formula is C14H27IO. The van der Waals surface area contributed by atoms with E-state index < -0.39 is 0 Å². The van der Waals surface area contributed by atoms with Gasteiger partial charge in [0.1, 0.15) is 0 Å². The minimum Gasteiger partial charge on any atom is -0.371 e. The predicted octanol–water partition coefficient (Wildman–Crippen LogP) is 4.68. The standard InChI is InChI=1S/C14H27IO/c1-10(2)12-7-6-11(3)8-13(12)16-14(4,5)9-15/h10-13H,6-9H2,1-5H3. The van der Waals surface area contributed by atoms with Gasteiger partial charge in [-0.25, -0.2) is 0 Å². The minimum atomic E-state index is 0.0371. The minimum absolute atomic E-state index is 0.0371. The molecule has 1 nitrogen and oxygen atoms in total. The van der Waals surface area contributed by atoms with Gasteiger partial charge in [-0.15, -0.1) is 0 Å². The van der Waals surface area contributed by atoms with Gasteiger partial charge in [0.15, 0.2) is 0 Å². The van der Waals surface area contributed by atoms with Crippen LogP contribution in [0.3, 0.4) is 0 Å². The Morgan fingerprint density at radius 1 is 1.31 bits per heavy atom. The van der Waals surface area contributed by atoms with Gasteiger partial charge in [0.2, 0.25) is 0 Å². The number of halogens is 1. The van der Waals surface area contributed by atoms with Gasteiger partial charge in [0.25, 0.3) is 0 Å². The van der Waals surface area contributed by atoms with Gasteiger partial charge >= 0.3 is 0 Å². The van der Waals surface area contributed by atoms with E-state index in [0.29, 0.717) is 6.10 Å². The molecule has 0 aliphatic heterocycles. The van der Waals surface area contributed by atoms with Gasteiger partial charge in [0, 0.05) is 4.43 Å². The Balaban J connectivity index is 2.64. The molecule has 0 radical (unpaired) electrons. The molecule has 1 rings (SSSR count). The molecule has 0 N–H and O–H groups in total. The summed E-state index contributed by atoms with van der Waals surface area (Å²) in [7, 11) is 0. The largest absolute Gasteiger partial charge is 0.371 e. The van der Waals surface area contributed by atoms with Gasteiger partial charge in [-0.1, -0.05) is 49.8 Å². The monoisotopic (exact) mass is 338 g/mol. The molecule has 0 spiro atoms. The van der Waals surface area contributed by atoms with Crippen LogP contribution in [0, 0.1) is 17.8 Å². The highest BCUT2D eigenvalue weighted by molar-refractivity contribution is 14.1. The Kier molecular flexibility index (Phi) is 5.56. The zero-order valence-corrected chi connectivity index (χ0v) is 13.6. The van der Waals surface area contributed by atoms with Crippen molar-refractivity contribution in [1.29, 1.82) is 0 Å². The second kappa shape index (κ2) is 6.03. The summed E-state index contributed by atoms with van der Waals surface area (Å²) < 4.78 is 7.43. The topological polar surface area (TPSA) is 9.23 Å². The fourth-order valence-electron chi connectivity index (χ4n) is 2.69. The van der Waals surface area contributed by atoms with Crippen LogP contribution in [-0.2, 0) is 4.74 Å². The second-order valence-electron chi connectivity index (χ2n) is 6.38. The van der Waals surface area contributed by atoms with Crippen molar-refractivity contribution in [2.24, 2.45) is 17.8 Å². The molecule has 2 heteroatoms. The van der Waals surface area contributed by atoms with Crippen molar-refractivity contribution in [3.8, 4) is 0 Å². The SMILES string of the molecule is CC1CCC(C(C)C)C(OC(C)(C)CI)C1. The summed E-state index contributed by atoms with van der Waals surface area (Å²) >= 11 is 2.43. The summed E-state index contributed by atoms with van der Waals surface area (Å²) in [6.45, 7) is 11.5. The van der Waals surface area contributed by atoms with E-state index in [1.54, 1.807) is 0 Å². The third kappa shape index (κ3) is 4.17. The third-order valence-electron chi connectivity index (χ3n) is 3.75. The van der Waals surface area contributed by atoms with Crippen LogP contribution in [-0.4, -0.2) is 16.1 Å². The van der Waals surface area contributed by atoms with Gasteiger partial charge in [-0.05, 0) is 44.4 Å². The first-order valence-electron chi connectivity index (χ1n) is 6.59. The molecule has 0 aromatic carbocycles. The van der Waals surface area contributed by atoms with Crippen molar-refractivity contribution in [3.63, 3.8) is 0 Å². The van der Waals surface area contributed by atoms with E-state index in [-0.39, 0.29) is 5.60 Å². The molecule has 1 aliphatic rings. The van der Waals surface area contributed by atoms with Gasteiger partial charge in [-0.2, -0.15) is 0 Å². The van der Waals surface area contributed by atoms with Crippen molar-refractivity contribution < 1.29 is 4.74 Å². The van der Waals surface area contributed by atoms with E-state index in [1.165, 1.54) is 19.3 Å². The maximum Gasteiger partial charge on any atom is 0.0719 e. The number of hydrogen-bond acceptors (Lipinski definition) is 1. The molecule has 0 heterocycles. The molecule has 0 aromatic rings. The fraction of sp³-hybridized carbons (Fsp3) is 1.00. The Bertz CT molecular complexity index is 213. The number of rotatable bonds is 4. The van der Waals surface area contributed by atoms with Crippen molar-refractivity contribution in [2.45, 2.75) is 65.6 Å². The molecule has 16 heavy (non-hydrogen) atoms. The Hall–Kier alpha value is 0.690. The van der Waals surface area contributed by atoms with Crippen LogP contribution in [0.4, 0.5) is 0 Å². The lowest BCUT2D eigenvalue weighted by atomic mass is 9.75. The zero-order valence-electron chi connectivity index (χ0n) is 11.4. The first-order chi connectivity index (χ1) is 7.35. The lowest BCUT2D eigenvalue weighted by molar-refractivity contribution is -0.111. The molecule has 3 unspecified atom stereocenters. The van der Waals surface area contributed by atoms with Crippen molar-refractivity contribution in [2.75, 3.05) is 4.43 Å². The average molecular weight is 338 g/mol. The summed E-state index contributed by atoms with van der Waals surface area (Å²) in [5.41, 5.74) is 0.0371. The summed E-state index contributed by atoms with van der Waals surface area (Å²) in [5.74, 6) is 2.35. The molecule has 0 saturated heterocycles. The van der Waals surface area contributed by atoms with Crippen LogP contribution in [0.5, 0.6) is 0 Å². The Labute approximate surface area is 115 Å². The lowest BCUT2D eigenvalue weighted by Crippen LogP contribution is -2.41. The normalized spacial score (nSPS) is 32.1. The van der Waals surface area contributed by atoms with Gasteiger partial charge < -0.3 is 4.74 Å². The Morgan fingerprint density at radius 2 is 1.94 bits per heavy atom.